The summed E-state index contributed by atoms with van der Waals surface area (Å²) in [7, 11) is 0. The van der Waals surface area contributed by atoms with Gasteiger partial charge in [-0.25, -0.2) is 0 Å². The molecule has 22 heavy (non-hydrogen) atoms. The van der Waals surface area contributed by atoms with E-state index in [9.17, 15) is 28.1 Å². The Kier molecular flexibility index (Phi) is 4.14. The van der Waals surface area contributed by atoms with Crippen molar-refractivity contribution in [3.05, 3.63) is 68.5 Å². The number of benzene rings is 1. The van der Waals surface area contributed by atoms with Crippen LogP contribution in [0.4, 0.5) is 18.9 Å². The molecular weight excluding hydrogens is 325 g/mol. The van der Waals surface area contributed by atoms with Gasteiger partial charge in [-0.15, -0.1) is 0 Å². The van der Waals surface area contributed by atoms with Gasteiger partial charge in [-0.3, -0.25) is 19.9 Å². The Morgan fingerprint density at radius 2 is 1.82 bits per heavy atom. The van der Waals surface area contributed by atoms with Crippen molar-refractivity contribution >= 4 is 23.1 Å². The first kappa shape index (κ1) is 15.9. The van der Waals surface area contributed by atoms with Gasteiger partial charge in [0.1, 0.15) is 5.69 Å². The molecule has 0 unspecified atom stereocenters. The van der Waals surface area contributed by atoms with E-state index >= 15 is 0 Å². The number of hydrogen-bond donors (Lipinski definition) is 0. The topological polar surface area (TPSA) is 73.1 Å². The maximum atomic E-state index is 12.5. The number of nitro benzene ring substituents is 1. The summed E-state index contributed by atoms with van der Waals surface area (Å²) in [6, 6.07) is 5.16. The number of nitrogens with zero attached hydrogens (tertiary/aromatic N) is 2. The Bertz CT molecular complexity index is 745. The number of aromatic nitrogens is 1. The van der Waals surface area contributed by atoms with Gasteiger partial charge < -0.3 is 0 Å². The van der Waals surface area contributed by atoms with Crippen molar-refractivity contribution in [1.82, 2.24) is 4.98 Å². The smallest absolute Gasteiger partial charge is 0.287 e. The van der Waals surface area contributed by atoms with Gasteiger partial charge in [0.2, 0.25) is 5.78 Å². The Hall–Kier alpha value is -2.48. The summed E-state index contributed by atoms with van der Waals surface area (Å²) in [6.45, 7) is 0. The van der Waals surface area contributed by atoms with Crippen LogP contribution < -0.4 is 0 Å². The van der Waals surface area contributed by atoms with E-state index in [1.165, 1.54) is 12.1 Å². The molecule has 2 aromatic rings. The van der Waals surface area contributed by atoms with E-state index in [1.807, 2.05) is 0 Å². The number of carbonyl (C=O) groups excluding carboxylic acids is 1. The summed E-state index contributed by atoms with van der Waals surface area (Å²) in [5.41, 5.74) is -1.62. The van der Waals surface area contributed by atoms with Crippen LogP contribution in [0, 0.1) is 10.1 Å². The zero-order valence-electron chi connectivity index (χ0n) is 10.6. The van der Waals surface area contributed by atoms with Crippen LogP contribution >= 0.6 is 11.6 Å². The summed E-state index contributed by atoms with van der Waals surface area (Å²) in [5, 5.41) is 10.1. The largest absolute Gasteiger partial charge is 0.417 e. The van der Waals surface area contributed by atoms with Crippen LogP contribution in [0.3, 0.4) is 0 Å². The highest BCUT2D eigenvalue weighted by Gasteiger charge is 2.32. The van der Waals surface area contributed by atoms with E-state index in [1.54, 1.807) is 0 Å². The molecule has 1 aromatic heterocycles. The molecule has 0 aliphatic carbocycles. The summed E-state index contributed by atoms with van der Waals surface area (Å²) >= 11 is 5.67. The maximum absolute atomic E-state index is 12.5. The lowest BCUT2D eigenvalue weighted by Gasteiger charge is -2.08. The van der Waals surface area contributed by atoms with Crippen LogP contribution in [0.25, 0.3) is 0 Å². The second-order valence-electron chi connectivity index (χ2n) is 4.19. The summed E-state index contributed by atoms with van der Waals surface area (Å²) in [5.74, 6) is -0.728. The third-order valence-electron chi connectivity index (χ3n) is 2.72. The van der Waals surface area contributed by atoms with Crippen LogP contribution in [-0.4, -0.2) is 15.7 Å². The summed E-state index contributed by atoms with van der Waals surface area (Å²) < 4.78 is 37.5. The molecule has 0 atom stereocenters. The molecule has 0 radical (unpaired) electrons. The van der Waals surface area contributed by atoms with E-state index in [2.05, 4.69) is 4.98 Å². The first-order chi connectivity index (χ1) is 10.2. The Morgan fingerprint density at radius 3 is 2.27 bits per heavy atom. The van der Waals surface area contributed by atoms with Crippen LogP contribution in [0.1, 0.15) is 21.6 Å². The quantitative estimate of drug-likeness (QED) is 0.486. The van der Waals surface area contributed by atoms with Crippen molar-refractivity contribution < 1.29 is 22.9 Å². The minimum Gasteiger partial charge on any atom is -0.287 e. The lowest BCUT2D eigenvalue weighted by atomic mass is 10.1. The third kappa shape index (κ3) is 3.22. The molecule has 0 amide bonds. The molecule has 2 rings (SSSR count). The van der Waals surface area contributed by atoms with Crippen LogP contribution in [0.2, 0.25) is 5.02 Å². The van der Waals surface area contributed by atoms with E-state index < -0.39 is 27.5 Å². The van der Waals surface area contributed by atoms with Gasteiger partial charge in [-0.05, 0) is 18.2 Å². The molecule has 0 aliphatic heterocycles. The Labute approximate surface area is 126 Å². The van der Waals surface area contributed by atoms with Gasteiger partial charge in [-0.1, -0.05) is 11.6 Å². The number of carbonyl (C=O) groups is 1. The van der Waals surface area contributed by atoms with Crippen molar-refractivity contribution in [2.45, 2.75) is 6.18 Å². The number of hydrogen-bond acceptors (Lipinski definition) is 4. The van der Waals surface area contributed by atoms with Gasteiger partial charge in [0, 0.05) is 23.9 Å². The number of non-ortho nitro benzene ring substituents is 1. The van der Waals surface area contributed by atoms with Crippen molar-refractivity contribution in [2.75, 3.05) is 0 Å². The molecular formula is C13H6ClF3N2O3. The number of nitro groups is 1. The standard InChI is InChI=1S/C13H6ClF3N2O3/c14-10-5-8(13(15,16)17)6-18-11(10)12(20)7-1-3-9(4-2-7)19(21)22/h1-6H. The second kappa shape index (κ2) is 5.72. The van der Waals surface area contributed by atoms with Gasteiger partial charge in [0.15, 0.2) is 0 Å². The molecule has 0 spiro atoms. The van der Waals surface area contributed by atoms with Crippen molar-refractivity contribution in [3.8, 4) is 0 Å². The van der Waals surface area contributed by atoms with E-state index in [-0.39, 0.29) is 16.9 Å². The molecule has 0 aliphatic rings. The van der Waals surface area contributed by atoms with E-state index in [0.29, 0.717) is 12.3 Å². The third-order valence-corrected chi connectivity index (χ3v) is 3.01. The van der Waals surface area contributed by atoms with E-state index in [4.69, 9.17) is 11.6 Å². The normalized spacial score (nSPS) is 11.3. The molecule has 0 saturated heterocycles. The minimum atomic E-state index is -4.62. The van der Waals surface area contributed by atoms with E-state index in [0.717, 1.165) is 12.1 Å². The second-order valence-corrected chi connectivity index (χ2v) is 4.59. The van der Waals surface area contributed by atoms with Crippen molar-refractivity contribution in [3.63, 3.8) is 0 Å². The lowest BCUT2D eigenvalue weighted by molar-refractivity contribution is -0.384. The van der Waals surface area contributed by atoms with Gasteiger partial charge >= 0.3 is 6.18 Å². The average Bonchev–Trinajstić information content (AvgIpc) is 2.45. The number of pyridine rings is 1. The molecule has 0 N–H and O–H groups in total. The highest BCUT2D eigenvalue weighted by atomic mass is 35.5. The van der Waals surface area contributed by atoms with Gasteiger partial charge in [0.25, 0.3) is 5.69 Å². The number of ketones is 1. The molecule has 1 aromatic carbocycles. The van der Waals surface area contributed by atoms with Gasteiger partial charge in [0.05, 0.1) is 15.5 Å². The minimum absolute atomic E-state index is 0.0276. The van der Waals surface area contributed by atoms with Crippen molar-refractivity contribution in [2.24, 2.45) is 0 Å². The number of halogens is 4. The predicted octanol–water partition coefficient (Wildman–Crippen LogP) is 3.89. The molecule has 1 heterocycles. The molecule has 5 nitrogen and oxygen atoms in total. The first-order valence-electron chi connectivity index (χ1n) is 5.72. The number of rotatable bonds is 3. The zero-order valence-corrected chi connectivity index (χ0v) is 11.4. The Balaban J connectivity index is 2.35. The average molecular weight is 331 g/mol. The number of alkyl halides is 3. The molecule has 0 fully saturated rings. The molecule has 114 valence electrons. The lowest BCUT2D eigenvalue weighted by Crippen LogP contribution is -2.10. The zero-order chi connectivity index (χ0) is 16.5. The Morgan fingerprint density at radius 1 is 1.23 bits per heavy atom. The maximum Gasteiger partial charge on any atom is 0.417 e. The fraction of sp³-hybridized carbons (Fsp3) is 0.0769. The highest BCUT2D eigenvalue weighted by molar-refractivity contribution is 6.34. The van der Waals surface area contributed by atoms with Crippen LogP contribution in [-0.2, 0) is 6.18 Å². The SMILES string of the molecule is O=C(c1ccc([N+](=O)[O-])cc1)c1ncc(C(F)(F)F)cc1Cl. The molecule has 0 saturated carbocycles. The molecule has 0 bridgehead atoms. The predicted molar refractivity (Wildman–Crippen MR) is 70.8 cm³/mol. The first-order valence-corrected chi connectivity index (χ1v) is 6.10. The van der Waals surface area contributed by atoms with Crippen LogP contribution in [0.15, 0.2) is 36.5 Å². The highest BCUT2D eigenvalue weighted by Crippen LogP contribution is 2.31. The summed E-state index contributed by atoms with van der Waals surface area (Å²) in [4.78, 5) is 25.4. The fourth-order valence-corrected chi connectivity index (χ4v) is 1.88. The van der Waals surface area contributed by atoms with Crippen LogP contribution in [0.5, 0.6) is 0 Å². The monoisotopic (exact) mass is 330 g/mol. The van der Waals surface area contributed by atoms with Crippen molar-refractivity contribution in [1.29, 1.82) is 0 Å². The summed E-state index contributed by atoms with van der Waals surface area (Å²) in [6.07, 6.45) is -4.12. The fourth-order valence-electron chi connectivity index (χ4n) is 1.63. The molecule has 9 heteroatoms. The van der Waals surface area contributed by atoms with Gasteiger partial charge in [-0.2, -0.15) is 13.2 Å².